The molecule has 1 amide bonds. The van der Waals surface area contributed by atoms with E-state index in [1.807, 2.05) is 22.1 Å². The summed E-state index contributed by atoms with van der Waals surface area (Å²) in [4.78, 5) is 15.4. The van der Waals surface area contributed by atoms with E-state index in [1.54, 1.807) is 41.5 Å². The number of thioether (sulfide) groups is 1. The number of amides is 1. The van der Waals surface area contributed by atoms with E-state index in [9.17, 15) is 9.18 Å². The van der Waals surface area contributed by atoms with Crippen LogP contribution in [-0.2, 0) is 17.9 Å². The van der Waals surface area contributed by atoms with E-state index in [0.717, 1.165) is 4.88 Å². The van der Waals surface area contributed by atoms with E-state index >= 15 is 0 Å². The smallest absolute Gasteiger partial charge is 0.233 e. The van der Waals surface area contributed by atoms with Gasteiger partial charge in [0.05, 0.1) is 17.9 Å². The number of hydrogen-bond acceptors (Lipinski definition) is 5. The number of thiophene rings is 1. The Balaban J connectivity index is 1.74. The second-order valence-corrected chi connectivity index (χ2v) is 8.88. The quantitative estimate of drug-likeness (QED) is 0.504. The molecule has 0 saturated heterocycles. The summed E-state index contributed by atoms with van der Waals surface area (Å²) >= 11 is 2.97. The highest BCUT2D eigenvalue weighted by atomic mass is 32.2. The summed E-state index contributed by atoms with van der Waals surface area (Å²) in [5, 5.41) is 11.1. The van der Waals surface area contributed by atoms with Gasteiger partial charge in [0.1, 0.15) is 5.82 Å². The molecule has 8 heteroatoms. The van der Waals surface area contributed by atoms with Crippen LogP contribution in [0, 0.1) is 11.7 Å². The van der Waals surface area contributed by atoms with Gasteiger partial charge in [-0.2, -0.15) is 0 Å². The second kappa shape index (κ2) is 9.34. The van der Waals surface area contributed by atoms with Crippen molar-refractivity contribution in [2.75, 3.05) is 12.8 Å². The van der Waals surface area contributed by atoms with E-state index in [1.165, 1.54) is 17.8 Å². The fraction of sp³-hybridized carbons (Fsp3) is 0.350. The lowest BCUT2D eigenvalue weighted by molar-refractivity contribution is -0.127. The molecular weight excluding hydrogens is 395 g/mol. The minimum absolute atomic E-state index is 0.0185. The van der Waals surface area contributed by atoms with Crippen LogP contribution in [0.1, 0.15) is 18.7 Å². The molecule has 0 spiro atoms. The lowest BCUT2D eigenvalue weighted by Gasteiger charge is -2.16. The highest BCUT2D eigenvalue weighted by Crippen LogP contribution is 2.27. The molecular formula is C20H23FN4OS2. The van der Waals surface area contributed by atoms with Crippen LogP contribution in [0.5, 0.6) is 0 Å². The lowest BCUT2D eigenvalue weighted by atomic mass is 10.2. The Morgan fingerprint density at radius 1 is 1.25 bits per heavy atom. The van der Waals surface area contributed by atoms with Gasteiger partial charge in [-0.25, -0.2) is 4.39 Å². The third-order valence-electron chi connectivity index (χ3n) is 4.10. The number of hydrogen-bond donors (Lipinski definition) is 0. The molecule has 3 aromatic rings. The minimum Gasteiger partial charge on any atom is -0.340 e. The number of nitrogens with zero attached hydrogens (tertiary/aromatic N) is 4. The zero-order valence-corrected chi connectivity index (χ0v) is 17.8. The van der Waals surface area contributed by atoms with Crippen LogP contribution in [-0.4, -0.2) is 38.4 Å². The Kier molecular flexibility index (Phi) is 6.85. The molecule has 2 aromatic heterocycles. The van der Waals surface area contributed by atoms with Gasteiger partial charge >= 0.3 is 0 Å². The number of aromatic nitrogens is 3. The molecule has 2 heterocycles. The van der Waals surface area contributed by atoms with E-state index in [0.29, 0.717) is 35.6 Å². The SMILES string of the molecule is CC(C)Cn1c(SCC(=O)N(C)Cc2cccs2)nnc1-c1ccccc1F. The first-order valence-electron chi connectivity index (χ1n) is 9.03. The van der Waals surface area contributed by atoms with E-state index in [2.05, 4.69) is 24.0 Å². The predicted octanol–water partition coefficient (Wildman–Crippen LogP) is 4.55. The van der Waals surface area contributed by atoms with Gasteiger partial charge in [0.15, 0.2) is 11.0 Å². The average molecular weight is 419 g/mol. The highest BCUT2D eigenvalue weighted by Gasteiger charge is 2.19. The molecule has 0 aliphatic heterocycles. The van der Waals surface area contributed by atoms with Gasteiger partial charge in [-0.05, 0) is 29.5 Å². The van der Waals surface area contributed by atoms with Crippen LogP contribution in [0.25, 0.3) is 11.4 Å². The molecule has 0 N–H and O–H groups in total. The molecule has 5 nitrogen and oxygen atoms in total. The summed E-state index contributed by atoms with van der Waals surface area (Å²) in [6.07, 6.45) is 0. The Morgan fingerprint density at radius 2 is 2.04 bits per heavy atom. The maximum atomic E-state index is 14.3. The minimum atomic E-state index is -0.330. The van der Waals surface area contributed by atoms with Crippen LogP contribution >= 0.6 is 23.1 Å². The molecule has 1 aromatic carbocycles. The van der Waals surface area contributed by atoms with Crippen LogP contribution < -0.4 is 0 Å². The standard InChI is InChI=1S/C20H23FN4OS2/c1-14(2)11-25-19(16-8-4-5-9-17(16)21)22-23-20(25)28-13-18(26)24(3)12-15-7-6-10-27-15/h4-10,14H,11-13H2,1-3H3. The summed E-state index contributed by atoms with van der Waals surface area (Å²) in [6.45, 7) is 5.41. The maximum absolute atomic E-state index is 14.3. The molecule has 0 saturated carbocycles. The summed E-state index contributed by atoms with van der Waals surface area (Å²) < 4.78 is 16.2. The second-order valence-electron chi connectivity index (χ2n) is 6.91. The molecule has 0 atom stereocenters. The van der Waals surface area contributed by atoms with Crippen molar-refractivity contribution >= 4 is 29.0 Å². The van der Waals surface area contributed by atoms with E-state index < -0.39 is 0 Å². The largest absolute Gasteiger partial charge is 0.340 e. The number of benzene rings is 1. The van der Waals surface area contributed by atoms with Gasteiger partial charge < -0.3 is 9.47 Å². The van der Waals surface area contributed by atoms with E-state index in [-0.39, 0.29) is 17.5 Å². The van der Waals surface area contributed by atoms with Crippen LogP contribution in [0.4, 0.5) is 4.39 Å². The Labute approximate surface area is 172 Å². The molecule has 148 valence electrons. The normalized spacial score (nSPS) is 11.2. The Bertz CT molecular complexity index is 924. The Morgan fingerprint density at radius 3 is 2.71 bits per heavy atom. The summed E-state index contributed by atoms with van der Waals surface area (Å²) in [5.41, 5.74) is 0.420. The van der Waals surface area contributed by atoms with Crippen molar-refractivity contribution in [2.24, 2.45) is 5.92 Å². The van der Waals surface area contributed by atoms with Gasteiger partial charge in [0, 0.05) is 18.5 Å². The van der Waals surface area contributed by atoms with Crippen molar-refractivity contribution in [3.05, 3.63) is 52.5 Å². The van der Waals surface area contributed by atoms with Crippen LogP contribution in [0.2, 0.25) is 0 Å². The van der Waals surface area contributed by atoms with Gasteiger partial charge in [-0.1, -0.05) is 43.8 Å². The molecule has 0 aliphatic carbocycles. The molecule has 0 aliphatic rings. The molecule has 0 bridgehead atoms. The highest BCUT2D eigenvalue weighted by molar-refractivity contribution is 7.99. The fourth-order valence-corrected chi connectivity index (χ4v) is 4.37. The molecule has 0 radical (unpaired) electrons. The van der Waals surface area contributed by atoms with Gasteiger partial charge in [0.25, 0.3) is 0 Å². The van der Waals surface area contributed by atoms with Crippen molar-refractivity contribution in [1.29, 1.82) is 0 Å². The predicted molar refractivity (Wildman–Crippen MR) is 112 cm³/mol. The van der Waals surface area contributed by atoms with Crippen molar-refractivity contribution in [3.63, 3.8) is 0 Å². The van der Waals surface area contributed by atoms with Crippen LogP contribution in [0.3, 0.4) is 0 Å². The summed E-state index contributed by atoms with van der Waals surface area (Å²) in [5.74, 6) is 0.773. The van der Waals surface area contributed by atoms with Crippen molar-refractivity contribution in [3.8, 4) is 11.4 Å². The molecule has 3 rings (SSSR count). The summed E-state index contributed by atoms with van der Waals surface area (Å²) in [7, 11) is 1.80. The van der Waals surface area contributed by atoms with Crippen molar-refractivity contribution in [1.82, 2.24) is 19.7 Å². The third-order valence-corrected chi connectivity index (χ3v) is 5.92. The first kappa shape index (κ1) is 20.5. The van der Waals surface area contributed by atoms with Crippen molar-refractivity contribution in [2.45, 2.75) is 32.1 Å². The Hall–Kier alpha value is -2.19. The molecule has 0 unspecified atom stereocenters. The number of carbonyl (C=O) groups excluding carboxylic acids is 1. The molecule has 0 fully saturated rings. The average Bonchev–Trinajstić information content (AvgIpc) is 3.30. The van der Waals surface area contributed by atoms with Crippen LogP contribution in [0.15, 0.2) is 46.9 Å². The first-order valence-corrected chi connectivity index (χ1v) is 10.9. The fourth-order valence-electron chi connectivity index (χ4n) is 2.73. The van der Waals surface area contributed by atoms with Gasteiger partial charge in [-0.15, -0.1) is 21.5 Å². The van der Waals surface area contributed by atoms with Gasteiger partial charge in [0.2, 0.25) is 5.91 Å². The number of rotatable bonds is 8. The first-order chi connectivity index (χ1) is 13.5. The van der Waals surface area contributed by atoms with E-state index in [4.69, 9.17) is 0 Å². The zero-order valence-electron chi connectivity index (χ0n) is 16.1. The summed E-state index contributed by atoms with van der Waals surface area (Å²) in [6, 6.07) is 10.5. The number of carbonyl (C=O) groups is 1. The third kappa shape index (κ3) is 4.99. The topological polar surface area (TPSA) is 51.0 Å². The zero-order chi connectivity index (χ0) is 20.1. The van der Waals surface area contributed by atoms with Crippen molar-refractivity contribution < 1.29 is 9.18 Å². The maximum Gasteiger partial charge on any atom is 0.233 e. The molecule has 28 heavy (non-hydrogen) atoms. The van der Waals surface area contributed by atoms with Gasteiger partial charge in [-0.3, -0.25) is 4.79 Å². The lowest BCUT2D eigenvalue weighted by Crippen LogP contribution is -2.27. The number of halogens is 1. The monoisotopic (exact) mass is 418 g/mol.